The SMILES string of the molecule is CC(C)(C)c1cc(-c2ccccc2-c2cccc(-c3ccccc3)n2)c(O)c(C23CC4CC(CC(C4)C2)C3)c1.CC(C)(C)c1ccc(O)c(C23CC4CC(CC(C4)C2)C3)c1.[CH3-].[CH3-].[Zr+2]. The van der Waals surface area contributed by atoms with Crippen molar-refractivity contribution in [3.05, 3.63) is 140 Å². The van der Waals surface area contributed by atoms with Gasteiger partial charge in [-0.2, -0.15) is 0 Å². The fraction of sp³-hybridized carbons (Fsp3) is 0.475. The van der Waals surface area contributed by atoms with E-state index < -0.39 is 0 Å². The number of pyridine rings is 1. The van der Waals surface area contributed by atoms with Crippen molar-refractivity contribution in [3.8, 4) is 45.1 Å². The van der Waals surface area contributed by atoms with E-state index in [1.165, 1.54) is 99.3 Å². The summed E-state index contributed by atoms with van der Waals surface area (Å²) in [6.07, 6.45) is 16.2. The summed E-state index contributed by atoms with van der Waals surface area (Å²) in [4.78, 5) is 5.10. The van der Waals surface area contributed by atoms with Gasteiger partial charge in [0.25, 0.3) is 0 Å². The normalized spacial score (nSPS) is 28.5. The molecule has 2 N–H and O–H groups in total. The van der Waals surface area contributed by atoms with Crippen LogP contribution in [-0.2, 0) is 47.9 Å². The van der Waals surface area contributed by atoms with Gasteiger partial charge in [0.1, 0.15) is 11.5 Å². The Morgan fingerprint density at radius 2 is 0.905 bits per heavy atom. The Labute approximate surface area is 400 Å². The zero-order valence-corrected chi connectivity index (χ0v) is 42.1. The second kappa shape index (κ2) is 17.7. The van der Waals surface area contributed by atoms with E-state index >= 15 is 0 Å². The summed E-state index contributed by atoms with van der Waals surface area (Å²) in [6.45, 7) is 13.7. The van der Waals surface area contributed by atoms with E-state index in [1.807, 2.05) is 12.1 Å². The van der Waals surface area contributed by atoms with Crippen LogP contribution in [0.5, 0.6) is 11.5 Å². The molecule has 0 unspecified atom stereocenters. The fourth-order valence-corrected chi connectivity index (χ4v) is 14.3. The van der Waals surface area contributed by atoms with E-state index in [0.717, 1.165) is 69.1 Å². The van der Waals surface area contributed by atoms with Crippen molar-refractivity contribution in [1.82, 2.24) is 4.98 Å². The second-order valence-electron chi connectivity index (χ2n) is 22.9. The molecule has 330 valence electrons. The average Bonchev–Trinajstić information content (AvgIpc) is 3.20. The number of aromatic hydroxyl groups is 2. The van der Waals surface area contributed by atoms with Gasteiger partial charge in [-0.15, -0.1) is 0 Å². The summed E-state index contributed by atoms with van der Waals surface area (Å²) in [7, 11) is 0. The van der Waals surface area contributed by atoms with Crippen molar-refractivity contribution in [2.24, 2.45) is 35.5 Å². The summed E-state index contributed by atoms with van der Waals surface area (Å²) < 4.78 is 0. The predicted octanol–water partition coefficient (Wildman–Crippen LogP) is 15.6. The molecule has 0 radical (unpaired) electrons. The van der Waals surface area contributed by atoms with E-state index in [-0.39, 0.29) is 57.3 Å². The molecule has 4 aromatic carbocycles. The molecule has 13 rings (SSSR count). The first-order chi connectivity index (χ1) is 28.6. The van der Waals surface area contributed by atoms with Gasteiger partial charge in [0.05, 0.1) is 11.4 Å². The standard InChI is InChI=1S/C37H39NO.C20H28O.2CH3.Zr/c1-36(2,3)28-19-31(35(39)32(20-28)37-21-24-16-25(22-37)18-26(17-24)23-37)29-12-7-8-13-30(29)34-15-9-14-33(38-34)27-10-5-4-6-11-27;1-19(2,3)16-4-5-18(21)17(9-16)20-10-13-6-14(11-20)8-15(7-13)12-20;;;/h4-15,19-20,24-26,39H,16-18,21-23H2,1-3H3;4-5,9,13-15,21H,6-8,10-12H2,1-3H3;2*1H3;/q;;2*-1;+2. The molecule has 8 aliphatic carbocycles. The van der Waals surface area contributed by atoms with E-state index in [9.17, 15) is 10.2 Å². The number of phenols is 2. The number of nitrogens with zero attached hydrogens (tertiary/aromatic N) is 1. The summed E-state index contributed by atoms with van der Waals surface area (Å²) >= 11 is 0. The molecular weight excluding hydrogens is 846 g/mol. The first kappa shape index (κ1) is 47.5. The van der Waals surface area contributed by atoms with Gasteiger partial charge in [-0.05, 0) is 175 Å². The number of benzene rings is 4. The zero-order chi connectivity index (χ0) is 41.6. The second-order valence-corrected chi connectivity index (χ2v) is 22.9. The van der Waals surface area contributed by atoms with Crippen LogP contribution < -0.4 is 0 Å². The van der Waals surface area contributed by atoms with Crippen LogP contribution in [0, 0.1) is 50.4 Å². The van der Waals surface area contributed by atoms with Crippen LogP contribution in [0.15, 0.2) is 103 Å². The van der Waals surface area contributed by atoms with Crippen molar-refractivity contribution in [1.29, 1.82) is 0 Å². The minimum atomic E-state index is -0.0140. The van der Waals surface area contributed by atoms with Crippen molar-refractivity contribution in [2.75, 3.05) is 0 Å². The first-order valence-electron chi connectivity index (χ1n) is 23.5. The van der Waals surface area contributed by atoms with Gasteiger partial charge in [0.2, 0.25) is 0 Å². The molecule has 5 aromatic rings. The van der Waals surface area contributed by atoms with Crippen LogP contribution in [0.2, 0.25) is 0 Å². The largest absolute Gasteiger partial charge is 2.00 e. The Morgan fingerprint density at radius 3 is 1.41 bits per heavy atom. The summed E-state index contributed by atoms with van der Waals surface area (Å²) in [5.74, 6) is 6.30. The van der Waals surface area contributed by atoms with Crippen molar-refractivity contribution >= 4 is 0 Å². The van der Waals surface area contributed by atoms with Crippen LogP contribution in [0.1, 0.15) is 141 Å². The zero-order valence-electron chi connectivity index (χ0n) is 39.6. The molecule has 1 aromatic heterocycles. The number of hydrogen-bond acceptors (Lipinski definition) is 3. The summed E-state index contributed by atoms with van der Waals surface area (Å²) in [5, 5.41) is 22.7. The van der Waals surface area contributed by atoms with Gasteiger partial charge in [-0.3, -0.25) is 0 Å². The van der Waals surface area contributed by atoms with Gasteiger partial charge in [-0.25, -0.2) is 4.98 Å². The smallest absolute Gasteiger partial charge is 0.508 e. The van der Waals surface area contributed by atoms with Gasteiger partial charge < -0.3 is 25.1 Å². The van der Waals surface area contributed by atoms with E-state index in [0.29, 0.717) is 16.9 Å². The fourth-order valence-electron chi connectivity index (χ4n) is 14.3. The van der Waals surface area contributed by atoms with Crippen LogP contribution in [0.3, 0.4) is 0 Å². The molecule has 1 heterocycles. The molecule has 0 saturated heterocycles. The molecule has 3 nitrogen and oxygen atoms in total. The molecule has 8 fully saturated rings. The maximum atomic E-state index is 12.2. The number of phenolic OH excluding ortho intramolecular Hbond substituents is 2. The molecule has 63 heavy (non-hydrogen) atoms. The monoisotopic (exact) mass is 917 g/mol. The maximum absolute atomic E-state index is 12.2. The molecule has 0 amide bonds. The molecule has 0 aliphatic heterocycles. The Balaban J connectivity index is 0.000000211. The van der Waals surface area contributed by atoms with Crippen LogP contribution in [-0.4, -0.2) is 15.2 Å². The topological polar surface area (TPSA) is 53.4 Å². The van der Waals surface area contributed by atoms with Crippen LogP contribution in [0.25, 0.3) is 33.6 Å². The van der Waals surface area contributed by atoms with Crippen molar-refractivity contribution < 1.29 is 36.4 Å². The molecule has 8 bridgehead atoms. The Kier molecular flexibility index (Phi) is 13.4. The van der Waals surface area contributed by atoms with Crippen molar-refractivity contribution in [2.45, 2.75) is 140 Å². The average molecular weight is 919 g/mol. The molecule has 0 spiro atoms. The third-order valence-electron chi connectivity index (χ3n) is 16.4. The molecular formula is C59H73NO2Zr. The van der Waals surface area contributed by atoms with Gasteiger partial charge in [0, 0.05) is 27.8 Å². The molecule has 4 heteroatoms. The van der Waals surface area contributed by atoms with Gasteiger partial charge in [0.15, 0.2) is 0 Å². The molecule has 8 aliphatic rings. The third-order valence-corrected chi connectivity index (χ3v) is 16.4. The van der Waals surface area contributed by atoms with E-state index in [2.05, 4.69) is 133 Å². The Bertz CT molecular complexity index is 2330. The molecule has 0 atom stereocenters. The van der Waals surface area contributed by atoms with Crippen molar-refractivity contribution in [3.63, 3.8) is 0 Å². The van der Waals surface area contributed by atoms with Gasteiger partial charge >= 0.3 is 26.2 Å². The Morgan fingerprint density at radius 1 is 0.460 bits per heavy atom. The van der Waals surface area contributed by atoms with E-state index in [4.69, 9.17) is 4.98 Å². The summed E-state index contributed by atoms with van der Waals surface area (Å²) in [5.41, 5.74) is 11.8. The van der Waals surface area contributed by atoms with Crippen LogP contribution in [0.4, 0.5) is 0 Å². The third kappa shape index (κ3) is 8.95. The van der Waals surface area contributed by atoms with Crippen LogP contribution >= 0.6 is 0 Å². The van der Waals surface area contributed by atoms with Gasteiger partial charge in [-0.1, -0.05) is 120 Å². The minimum Gasteiger partial charge on any atom is -0.508 e. The maximum Gasteiger partial charge on any atom is 2.00 e. The Hall–Kier alpha value is -3.49. The number of rotatable bonds is 5. The molecule has 8 saturated carbocycles. The summed E-state index contributed by atoms with van der Waals surface area (Å²) in [6, 6.07) is 36.1. The minimum absolute atomic E-state index is 0. The number of hydrogen-bond donors (Lipinski definition) is 2. The predicted molar refractivity (Wildman–Crippen MR) is 260 cm³/mol. The quantitative estimate of drug-likeness (QED) is 0.173. The number of aromatic nitrogens is 1. The van der Waals surface area contributed by atoms with E-state index in [1.54, 1.807) is 0 Å². The first-order valence-corrected chi connectivity index (χ1v) is 23.5.